The molecule has 3 nitrogen and oxygen atoms in total. The molecule has 0 saturated carbocycles. The summed E-state index contributed by atoms with van der Waals surface area (Å²) in [4.78, 5) is 12.1. The molecule has 0 fully saturated rings. The van der Waals surface area contributed by atoms with Crippen LogP contribution in [0.25, 0.3) is 0 Å². The first-order valence-corrected chi connectivity index (χ1v) is 6.70. The van der Waals surface area contributed by atoms with Gasteiger partial charge in [0.25, 0.3) is 5.91 Å². The van der Waals surface area contributed by atoms with Gasteiger partial charge in [-0.3, -0.25) is 4.79 Å². The second kappa shape index (κ2) is 6.30. The van der Waals surface area contributed by atoms with Gasteiger partial charge in [-0.1, -0.05) is 18.5 Å². The van der Waals surface area contributed by atoms with Crippen LogP contribution >= 0.6 is 23.2 Å². The Labute approximate surface area is 117 Å². The summed E-state index contributed by atoms with van der Waals surface area (Å²) >= 11 is 11.5. The molecule has 18 heavy (non-hydrogen) atoms. The zero-order chi connectivity index (χ0) is 13.8. The molecule has 0 aliphatic heterocycles. The van der Waals surface area contributed by atoms with Gasteiger partial charge in [0, 0.05) is 16.4 Å². The summed E-state index contributed by atoms with van der Waals surface area (Å²) in [5.74, 6) is 0.0278. The highest BCUT2D eigenvalue weighted by Gasteiger charge is 2.25. The van der Waals surface area contributed by atoms with E-state index in [-0.39, 0.29) is 22.8 Å². The number of phenolic OH excluding ortho intramolecular Hbond substituents is 1. The lowest BCUT2D eigenvalue weighted by molar-refractivity contribution is 0.0899. The number of hydrogen-bond acceptors (Lipinski definition) is 2. The molecule has 0 aromatic heterocycles. The van der Waals surface area contributed by atoms with Crippen molar-refractivity contribution in [1.29, 1.82) is 0 Å². The van der Waals surface area contributed by atoms with Gasteiger partial charge >= 0.3 is 0 Å². The molecule has 1 rings (SSSR count). The molecule has 100 valence electrons. The minimum atomic E-state index is -0.370. The summed E-state index contributed by atoms with van der Waals surface area (Å²) in [6.45, 7) is 3.91. The highest BCUT2D eigenvalue weighted by molar-refractivity contribution is 6.30. The van der Waals surface area contributed by atoms with Crippen LogP contribution in [0.2, 0.25) is 5.02 Å². The van der Waals surface area contributed by atoms with Gasteiger partial charge < -0.3 is 10.4 Å². The van der Waals surface area contributed by atoms with E-state index in [1.807, 2.05) is 13.8 Å². The quantitative estimate of drug-likeness (QED) is 0.814. The van der Waals surface area contributed by atoms with Gasteiger partial charge in [0.2, 0.25) is 0 Å². The van der Waals surface area contributed by atoms with Crippen molar-refractivity contribution in [2.24, 2.45) is 0 Å². The number of carbonyl (C=O) groups is 1. The highest BCUT2D eigenvalue weighted by Crippen LogP contribution is 2.23. The third-order valence-electron chi connectivity index (χ3n) is 3.05. The Morgan fingerprint density at radius 3 is 2.67 bits per heavy atom. The van der Waals surface area contributed by atoms with Crippen molar-refractivity contribution in [2.75, 3.05) is 5.88 Å². The summed E-state index contributed by atoms with van der Waals surface area (Å²) in [5.41, 5.74) is -0.154. The van der Waals surface area contributed by atoms with Crippen LogP contribution in [0, 0.1) is 0 Å². The van der Waals surface area contributed by atoms with Crippen LogP contribution in [-0.4, -0.2) is 22.4 Å². The number of benzene rings is 1. The summed E-state index contributed by atoms with van der Waals surface area (Å²) in [6.07, 6.45) is 1.44. The monoisotopic (exact) mass is 289 g/mol. The fourth-order valence-corrected chi connectivity index (χ4v) is 2.16. The Morgan fingerprint density at radius 2 is 2.17 bits per heavy atom. The van der Waals surface area contributed by atoms with Gasteiger partial charge in [-0.05, 0) is 38.0 Å². The molecule has 1 atom stereocenters. The van der Waals surface area contributed by atoms with E-state index in [1.165, 1.54) is 12.1 Å². The van der Waals surface area contributed by atoms with E-state index < -0.39 is 0 Å². The lowest BCUT2D eigenvalue weighted by atomic mass is 9.95. The largest absolute Gasteiger partial charge is 0.507 e. The van der Waals surface area contributed by atoms with Crippen molar-refractivity contribution in [3.05, 3.63) is 28.8 Å². The second-order valence-electron chi connectivity index (χ2n) is 4.47. The maximum atomic E-state index is 12.1. The van der Waals surface area contributed by atoms with E-state index in [2.05, 4.69) is 5.32 Å². The number of carbonyl (C=O) groups excluding carboxylic acids is 1. The molecule has 0 spiro atoms. The van der Waals surface area contributed by atoms with Crippen LogP contribution in [-0.2, 0) is 0 Å². The molecule has 2 N–H and O–H groups in total. The van der Waals surface area contributed by atoms with Gasteiger partial charge in [-0.25, -0.2) is 0 Å². The SMILES string of the molecule is CCC(C)(CCCl)NC(=O)c1ccc(Cl)cc1O. The fraction of sp³-hybridized carbons (Fsp3) is 0.462. The van der Waals surface area contributed by atoms with E-state index in [9.17, 15) is 9.90 Å². The van der Waals surface area contributed by atoms with Crippen molar-refractivity contribution in [3.63, 3.8) is 0 Å². The molecule has 0 aliphatic rings. The van der Waals surface area contributed by atoms with Crippen LogP contribution in [0.3, 0.4) is 0 Å². The third-order valence-corrected chi connectivity index (χ3v) is 3.47. The van der Waals surface area contributed by atoms with Crippen LogP contribution in [0.1, 0.15) is 37.0 Å². The van der Waals surface area contributed by atoms with Crippen molar-refractivity contribution in [3.8, 4) is 5.75 Å². The number of amides is 1. The van der Waals surface area contributed by atoms with Crippen LogP contribution in [0.15, 0.2) is 18.2 Å². The van der Waals surface area contributed by atoms with E-state index in [0.29, 0.717) is 17.3 Å². The van der Waals surface area contributed by atoms with E-state index >= 15 is 0 Å². The number of rotatable bonds is 5. The minimum Gasteiger partial charge on any atom is -0.507 e. The van der Waals surface area contributed by atoms with E-state index in [4.69, 9.17) is 23.2 Å². The lowest BCUT2D eigenvalue weighted by Gasteiger charge is -2.29. The molecule has 1 aromatic carbocycles. The fourth-order valence-electron chi connectivity index (χ4n) is 1.57. The summed E-state index contributed by atoms with van der Waals surface area (Å²) in [7, 11) is 0. The maximum absolute atomic E-state index is 12.1. The standard InChI is InChI=1S/C13H17Cl2NO2/c1-3-13(2,6-7-14)16-12(18)10-5-4-9(15)8-11(10)17/h4-5,8,17H,3,6-7H2,1-2H3,(H,16,18). The molecule has 0 saturated heterocycles. The Morgan fingerprint density at radius 1 is 1.50 bits per heavy atom. The summed E-state index contributed by atoms with van der Waals surface area (Å²) in [6, 6.07) is 4.42. The molecule has 5 heteroatoms. The Hall–Kier alpha value is -0.930. The molecular weight excluding hydrogens is 273 g/mol. The minimum absolute atomic E-state index is 0.121. The van der Waals surface area contributed by atoms with Crippen molar-refractivity contribution < 1.29 is 9.90 Å². The topological polar surface area (TPSA) is 49.3 Å². The number of alkyl halides is 1. The second-order valence-corrected chi connectivity index (χ2v) is 5.28. The van der Waals surface area contributed by atoms with Crippen molar-refractivity contribution in [2.45, 2.75) is 32.2 Å². The van der Waals surface area contributed by atoms with Gasteiger partial charge in [0.1, 0.15) is 5.75 Å². The third kappa shape index (κ3) is 3.79. The molecular formula is C13H17Cl2NO2. The molecule has 0 bridgehead atoms. The van der Waals surface area contributed by atoms with Crippen LogP contribution in [0.5, 0.6) is 5.75 Å². The van der Waals surface area contributed by atoms with Crippen LogP contribution < -0.4 is 5.32 Å². The number of nitrogens with one attached hydrogen (secondary N) is 1. The number of aromatic hydroxyl groups is 1. The van der Waals surface area contributed by atoms with Gasteiger partial charge in [-0.15, -0.1) is 11.6 Å². The molecule has 1 aromatic rings. The average Bonchev–Trinajstić information content (AvgIpc) is 2.28. The first-order valence-electron chi connectivity index (χ1n) is 5.79. The zero-order valence-electron chi connectivity index (χ0n) is 10.5. The summed E-state index contributed by atoms with van der Waals surface area (Å²) in [5, 5.41) is 13.0. The van der Waals surface area contributed by atoms with Gasteiger partial charge in [0.05, 0.1) is 5.56 Å². The normalized spacial score (nSPS) is 14.0. The smallest absolute Gasteiger partial charge is 0.255 e. The predicted molar refractivity (Wildman–Crippen MR) is 74.6 cm³/mol. The Kier molecular flexibility index (Phi) is 5.29. The average molecular weight is 290 g/mol. The van der Waals surface area contributed by atoms with Gasteiger partial charge in [0.15, 0.2) is 0 Å². The Balaban J connectivity index is 2.87. The zero-order valence-corrected chi connectivity index (χ0v) is 12.0. The number of hydrogen-bond donors (Lipinski definition) is 2. The first-order chi connectivity index (χ1) is 8.41. The van der Waals surface area contributed by atoms with Crippen molar-refractivity contribution in [1.82, 2.24) is 5.32 Å². The maximum Gasteiger partial charge on any atom is 0.255 e. The van der Waals surface area contributed by atoms with E-state index in [1.54, 1.807) is 6.07 Å². The molecule has 1 amide bonds. The number of halogens is 2. The number of phenols is 1. The van der Waals surface area contributed by atoms with Crippen LogP contribution in [0.4, 0.5) is 0 Å². The lowest BCUT2D eigenvalue weighted by Crippen LogP contribution is -2.45. The summed E-state index contributed by atoms with van der Waals surface area (Å²) < 4.78 is 0. The Bertz CT molecular complexity index is 437. The van der Waals surface area contributed by atoms with Crippen molar-refractivity contribution >= 4 is 29.1 Å². The predicted octanol–water partition coefficient (Wildman–Crippen LogP) is 3.57. The first kappa shape index (κ1) is 15.1. The van der Waals surface area contributed by atoms with E-state index in [0.717, 1.165) is 6.42 Å². The molecule has 0 radical (unpaired) electrons. The molecule has 0 heterocycles. The molecule has 1 unspecified atom stereocenters. The highest BCUT2D eigenvalue weighted by atomic mass is 35.5. The van der Waals surface area contributed by atoms with Gasteiger partial charge in [-0.2, -0.15) is 0 Å². The molecule has 0 aliphatic carbocycles.